The van der Waals surface area contributed by atoms with Gasteiger partial charge in [-0.25, -0.2) is 0 Å². The van der Waals surface area contributed by atoms with Gasteiger partial charge in [-0.05, 0) is 38.1 Å². The molecule has 1 aliphatic carbocycles. The van der Waals surface area contributed by atoms with Crippen molar-refractivity contribution in [1.29, 1.82) is 0 Å². The summed E-state index contributed by atoms with van der Waals surface area (Å²) in [6, 6.07) is 0. The van der Waals surface area contributed by atoms with Crippen LogP contribution >= 0.6 is 0 Å². The predicted octanol–water partition coefficient (Wildman–Crippen LogP) is 1.66. The van der Waals surface area contributed by atoms with Crippen molar-refractivity contribution < 1.29 is 4.74 Å². The fourth-order valence-electron chi connectivity index (χ4n) is 1.45. The van der Waals surface area contributed by atoms with Crippen molar-refractivity contribution in [2.45, 2.75) is 26.7 Å². The van der Waals surface area contributed by atoms with E-state index >= 15 is 0 Å². The molecule has 0 bridgehead atoms. The SMILES string of the molecule is CCOCCNCC(C)C1CC1. The Labute approximate surface area is 75.7 Å². The van der Waals surface area contributed by atoms with E-state index in [0.717, 1.165) is 38.1 Å². The van der Waals surface area contributed by atoms with Gasteiger partial charge in [0.15, 0.2) is 0 Å². The lowest BCUT2D eigenvalue weighted by Crippen LogP contribution is -2.25. The molecule has 0 aliphatic heterocycles. The second-order valence-corrected chi connectivity index (χ2v) is 3.72. The third kappa shape index (κ3) is 4.07. The quantitative estimate of drug-likeness (QED) is 0.588. The smallest absolute Gasteiger partial charge is 0.0590 e. The van der Waals surface area contributed by atoms with Crippen molar-refractivity contribution in [2.24, 2.45) is 11.8 Å². The number of rotatable bonds is 7. The van der Waals surface area contributed by atoms with Crippen molar-refractivity contribution >= 4 is 0 Å². The lowest BCUT2D eigenvalue weighted by molar-refractivity contribution is 0.148. The molecule has 1 fully saturated rings. The van der Waals surface area contributed by atoms with Crippen LogP contribution in [0.25, 0.3) is 0 Å². The van der Waals surface area contributed by atoms with Gasteiger partial charge in [0.2, 0.25) is 0 Å². The topological polar surface area (TPSA) is 21.3 Å². The summed E-state index contributed by atoms with van der Waals surface area (Å²) in [5.74, 6) is 1.89. The Balaban J connectivity index is 1.81. The molecule has 0 aromatic rings. The Kier molecular flexibility index (Phi) is 4.62. The maximum absolute atomic E-state index is 5.23. The molecule has 0 aromatic heterocycles. The maximum atomic E-state index is 5.23. The highest BCUT2D eigenvalue weighted by atomic mass is 16.5. The van der Waals surface area contributed by atoms with Crippen molar-refractivity contribution in [3.63, 3.8) is 0 Å². The van der Waals surface area contributed by atoms with Crippen LogP contribution in [-0.2, 0) is 4.74 Å². The summed E-state index contributed by atoms with van der Waals surface area (Å²) in [6.07, 6.45) is 2.91. The van der Waals surface area contributed by atoms with Gasteiger partial charge in [-0.1, -0.05) is 6.92 Å². The van der Waals surface area contributed by atoms with Crippen LogP contribution < -0.4 is 5.32 Å². The lowest BCUT2D eigenvalue weighted by Gasteiger charge is -2.10. The fourth-order valence-corrected chi connectivity index (χ4v) is 1.45. The number of nitrogens with one attached hydrogen (secondary N) is 1. The zero-order valence-corrected chi connectivity index (χ0v) is 8.31. The molecular formula is C10H21NO. The van der Waals surface area contributed by atoms with Crippen LogP contribution in [0.15, 0.2) is 0 Å². The van der Waals surface area contributed by atoms with E-state index < -0.39 is 0 Å². The number of ether oxygens (including phenoxy) is 1. The predicted molar refractivity (Wildman–Crippen MR) is 51.3 cm³/mol. The van der Waals surface area contributed by atoms with E-state index in [1.165, 1.54) is 12.8 Å². The fraction of sp³-hybridized carbons (Fsp3) is 1.00. The molecular weight excluding hydrogens is 150 g/mol. The van der Waals surface area contributed by atoms with Gasteiger partial charge in [-0.3, -0.25) is 0 Å². The molecule has 0 spiro atoms. The van der Waals surface area contributed by atoms with E-state index in [2.05, 4.69) is 12.2 Å². The van der Waals surface area contributed by atoms with E-state index in [1.54, 1.807) is 0 Å². The summed E-state index contributed by atoms with van der Waals surface area (Å²) in [7, 11) is 0. The van der Waals surface area contributed by atoms with Crippen LogP contribution in [0.5, 0.6) is 0 Å². The Morgan fingerprint density at radius 2 is 2.25 bits per heavy atom. The Morgan fingerprint density at radius 3 is 2.83 bits per heavy atom. The minimum absolute atomic E-state index is 0.833. The number of hydrogen-bond donors (Lipinski definition) is 1. The van der Waals surface area contributed by atoms with Crippen LogP contribution in [0.3, 0.4) is 0 Å². The average Bonchev–Trinajstić information content (AvgIpc) is 2.86. The monoisotopic (exact) mass is 171 g/mol. The van der Waals surface area contributed by atoms with E-state index in [0.29, 0.717) is 0 Å². The van der Waals surface area contributed by atoms with Crippen LogP contribution in [0.2, 0.25) is 0 Å². The second kappa shape index (κ2) is 5.55. The highest BCUT2D eigenvalue weighted by Gasteiger charge is 2.27. The molecule has 1 aliphatic rings. The van der Waals surface area contributed by atoms with E-state index in [4.69, 9.17) is 4.74 Å². The molecule has 1 N–H and O–H groups in total. The molecule has 0 radical (unpaired) electrons. The minimum Gasteiger partial charge on any atom is -0.380 e. The number of hydrogen-bond acceptors (Lipinski definition) is 2. The Hall–Kier alpha value is -0.0800. The van der Waals surface area contributed by atoms with Crippen molar-refractivity contribution in [3.8, 4) is 0 Å². The van der Waals surface area contributed by atoms with Gasteiger partial charge in [0, 0.05) is 13.2 Å². The molecule has 72 valence electrons. The first-order valence-corrected chi connectivity index (χ1v) is 5.13. The van der Waals surface area contributed by atoms with Crippen molar-refractivity contribution in [1.82, 2.24) is 5.32 Å². The zero-order chi connectivity index (χ0) is 8.81. The molecule has 0 aromatic carbocycles. The normalized spacial score (nSPS) is 19.5. The van der Waals surface area contributed by atoms with Gasteiger partial charge < -0.3 is 10.1 Å². The average molecular weight is 171 g/mol. The third-order valence-electron chi connectivity index (χ3n) is 2.52. The summed E-state index contributed by atoms with van der Waals surface area (Å²) in [5, 5.41) is 3.42. The first kappa shape index (κ1) is 10.0. The van der Waals surface area contributed by atoms with E-state index in [1.807, 2.05) is 6.92 Å². The van der Waals surface area contributed by atoms with Crippen LogP contribution in [-0.4, -0.2) is 26.3 Å². The van der Waals surface area contributed by atoms with Crippen molar-refractivity contribution in [2.75, 3.05) is 26.3 Å². The molecule has 0 saturated heterocycles. The molecule has 1 rings (SSSR count). The van der Waals surface area contributed by atoms with Gasteiger partial charge in [-0.15, -0.1) is 0 Å². The lowest BCUT2D eigenvalue weighted by atomic mass is 10.1. The van der Waals surface area contributed by atoms with Gasteiger partial charge in [0.05, 0.1) is 6.61 Å². The first-order valence-electron chi connectivity index (χ1n) is 5.13. The Morgan fingerprint density at radius 1 is 1.50 bits per heavy atom. The minimum atomic E-state index is 0.833. The third-order valence-corrected chi connectivity index (χ3v) is 2.52. The first-order chi connectivity index (χ1) is 5.84. The second-order valence-electron chi connectivity index (χ2n) is 3.72. The highest BCUT2D eigenvalue weighted by Crippen LogP contribution is 2.35. The molecule has 1 saturated carbocycles. The molecule has 0 amide bonds. The van der Waals surface area contributed by atoms with Crippen LogP contribution in [0, 0.1) is 11.8 Å². The summed E-state index contributed by atoms with van der Waals surface area (Å²) >= 11 is 0. The summed E-state index contributed by atoms with van der Waals surface area (Å²) < 4.78 is 5.23. The highest BCUT2D eigenvalue weighted by molar-refractivity contribution is 4.79. The molecule has 1 unspecified atom stereocenters. The maximum Gasteiger partial charge on any atom is 0.0590 e. The standard InChI is InChI=1S/C10H21NO/c1-3-12-7-6-11-8-9(2)10-4-5-10/h9-11H,3-8H2,1-2H3. The van der Waals surface area contributed by atoms with Gasteiger partial charge in [0.1, 0.15) is 0 Å². The van der Waals surface area contributed by atoms with E-state index in [-0.39, 0.29) is 0 Å². The van der Waals surface area contributed by atoms with Gasteiger partial charge in [0.25, 0.3) is 0 Å². The molecule has 2 nitrogen and oxygen atoms in total. The zero-order valence-electron chi connectivity index (χ0n) is 8.31. The van der Waals surface area contributed by atoms with Crippen LogP contribution in [0.4, 0.5) is 0 Å². The molecule has 12 heavy (non-hydrogen) atoms. The summed E-state index contributed by atoms with van der Waals surface area (Å²) in [6.45, 7) is 8.23. The van der Waals surface area contributed by atoms with Gasteiger partial charge >= 0.3 is 0 Å². The largest absolute Gasteiger partial charge is 0.380 e. The molecule has 0 heterocycles. The molecule has 1 atom stereocenters. The summed E-state index contributed by atoms with van der Waals surface area (Å²) in [4.78, 5) is 0. The Bertz CT molecular complexity index is 112. The van der Waals surface area contributed by atoms with E-state index in [9.17, 15) is 0 Å². The van der Waals surface area contributed by atoms with Crippen molar-refractivity contribution in [3.05, 3.63) is 0 Å². The van der Waals surface area contributed by atoms with Crippen LogP contribution in [0.1, 0.15) is 26.7 Å². The summed E-state index contributed by atoms with van der Waals surface area (Å²) in [5.41, 5.74) is 0. The van der Waals surface area contributed by atoms with Gasteiger partial charge in [-0.2, -0.15) is 0 Å². The molecule has 2 heteroatoms.